The van der Waals surface area contributed by atoms with E-state index in [9.17, 15) is 4.79 Å². The fourth-order valence-corrected chi connectivity index (χ4v) is 3.56. The Hall–Kier alpha value is -2.69. The molecule has 0 aliphatic carbocycles. The van der Waals surface area contributed by atoms with E-state index in [0.29, 0.717) is 51.4 Å². The van der Waals surface area contributed by atoms with Gasteiger partial charge >= 0.3 is 6.09 Å². The van der Waals surface area contributed by atoms with Gasteiger partial charge in [-0.3, -0.25) is 0 Å². The second-order valence-electron chi connectivity index (χ2n) is 9.56. The molecule has 0 spiro atoms. The number of amides is 1. The number of hydrogen-bond donors (Lipinski definition) is 1. The molecule has 1 aromatic carbocycles. The summed E-state index contributed by atoms with van der Waals surface area (Å²) < 4.78 is 27.3. The fraction of sp³-hybridized carbons (Fsp3) is 0.640. The number of rotatable bonds is 12. The van der Waals surface area contributed by atoms with E-state index in [4.69, 9.17) is 23.5 Å². The second kappa shape index (κ2) is 13.4. The van der Waals surface area contributed by atoms with Gasteiger partial charge in [0.15, 0.2) is 5.82 Å². The number of nitrogens with zero attached hydrogens (tertiary/aromatic N) is 3. The molecule has 1 aromatic heterocycles. The normalized spacial score (nSPS) is 15.2. The Balaban J connectivity index is 1.24. The topological polar surface area (TPSA) is 108 Å². The number of piperidine rings is 1. The maximum atomic E-state index is 11.5. The lowest BCUT2D eigenvalue weighted by atomic mass is 9.96. The number of benzene rings is 1. The van der Waals surface area contributed by atoms with Crippen molar-refractivity contribution in [1.29, 1.82) is 0 Å². The van der Waals surface area contributed by atoms with Crippen LogP contribution in [0.5, 0.6) is 5.75 Å². The molecule has 1 N–H and O–H groups in total. The van der Waals surface area contributed by atoms with Gasteiger partial charge in [-0.05, 0) is 78.0 Å². The van der Waals surface area contributed by atoms with E-state index in [1.165, 1.54) is 0 Å². The summed E-state index contributed by atoms with van der Waals surface area (Å²) in [5, 5.41) is 6.84. The van der Waals surface area contributed by atoms with Gasteiger partial charge in [0.25, 0.3) is 5.89 Å². The largest absolute Gasteiger partial charge is 0.491 e. The van der Waals surface area contributed by atoms with E-state index in [-0.39, 0.29) is 0 Å². The van der Waals surface area contributed by atoms with Crippen LogP contribution in [0.25, 0.3) is 11.5 Å². The summed E-state index contributed by atoms with van der Waals surface area (Å²) in [7, 11) is 2.14. The minimum Gasteiger partial charge on any atom is -0.491 e. The van der Waals surface area contributed by atoms with E-state index >= 15 is 0 Å². The zero-order valence-corrected chi connectivity index (χ0v) is 21.2. The molecule has 0 unspecified atom stereocenters. The van der Waals surface area contributed by atoms with Crippen molar-refractivity contribution >= 4 is 6.09 Å². The van der Waals surface area contributed by atoms with Crippen LogP contribution in [0.15, 0.2) is 28.8 Å². The smallest absolute Gasteiger partial charge is 0.407 e. The number of aromatic nitrogens is 2. The Morgan fingerprint density at radius 1 is 1.06 bits per heavy atom. The molecule has 2 heterocycles. The summed E-state index contributed by atoms with van der Waals surface area (Å²) in [6, 6.07) is 7.60. The monoisotopic (exact) mass is 490 g/mol. The van der Waals surface area contributed by atoms with Crippen molar-refractivity contribution in [3.05, 3.63) is 30.1 Å². The van der Waals surface area contributed by atoms with Gasteiger partial charge in [-0.15, -0.1) is 0 Å². The van der Waals surface area contributed by atoms with Gasteiger partial charge in [-0.2, -0.15) is 4.98 Å². The molecule has 10 nitrogen and oxygen atoms in total. The maximum Gasteiger partial charge on any atom is 0.407 e. The number of nitrogens with one attached hydrogen (secondary N) is 1. The molecular weight excluding hydrogens is 452 g/mol. The summed E-state index contributed by atoms with van der Waals surface area (Å²) in [5.41, 5.74) is 0.367. The van der Waals surface area contributed by atoms with Crippen molar-refractivity contribution in [1.82, 2.24) is 20.4 Å². The van der Waals surface area contributed by atoms with Crippen LogP contribution in [0, 0.1) is 0 Å². The zero-order chi connectivity index (χ0) is 25.1. The molecule has 0 bridgehead atoms. The Kier molecular flexibility index (Phi) is 10.3. The molecule has 10 heteroatoms. The molecule has 1 aliphatic rings. The van der Waals surface area contributed by atoms with E-state index < -0.39 is 11.7 Å². The van der Waals surface area contributed by atoms with Crippen molar-refractivity contribution in [2.45, 2.75) is 45.1 Å². The molecule has 0 saturated carbocycles. The minimum atomic E-state index is -0.507. The summed E-state index contributed by atoms with van der Waals surface area (Å²) in [6.07, 6.45) is 1.67. The molecular formula is C25H38N4O6. The molecule has 35 heavy (non-hydrogen) atoms. The number of ether oxygens (including phenoxy) is 4. The summed E-state index contributed by atoms with van der Waals surface area (Å²) in [5.74, 6) is 2.45. The Morgan fingerprint density at radius 3 is 2.40 bits per heavy atom. The first kappa shape index (κ1) is 26.9. The van der Waals surface area contributed by atoms with Crippen LogP contribution in [0.2, 0.25) is 0 Å². The standard InChI is InChI=1S/C25H38N4O6/c1-25(2,3)34-24(30)26-11-14-31-15-16-32-17-18-33-21-7-5-20(6-8-21)23-27-22(28-35-23)19-9-12-29(4)13-10-19/h5-8,19H,9-18H2,1-4H3,(H,26,30). The molecule has 1 amide bonds. The molecule has 1 saturated heterocycles. The van der Waals surface area contributed by atoms with E-state index in [2.05, 4.69) is 27.4 Å². The third-order valence-electron chi connectivity index (χ3n) is 5.41. The number of likely N-dealkylation sites (tertiary alicyclic amines) is 1. The Labute approximate surface area is 207 Å². The number of carbonyl (C=O) groups excluding carboxylic acids is 1. The molecule has 1 aliphatic heterocycles. The highest BCUT2D eigenvalue weighted by Gasteiger charge is 2.23. The van der Waals surface area contributed by atoms with Gasteiger partial charge in [0.05, 0.1) is 26.4 Å². The highest BCUT2D eigenvalue weighted by Crippen LogP contribution is 2.28. The predicted octanol–water partition coefficient (Wildman–Crippen LogP) is 3.48. The van der Waals surface area contributed by atoms with Crippen LogP contribution in [0.4, 0.5) is 4.79 Å². The Bertz CT molecular complexity index is 888. The maximum absolute atomic E-state index is 11.5. The lowest BCUT2D eigenvalue weighted by molar-refractivity contribution is 0.0328. The quantitative estimate of drug-likeness (QED) is 0.447. The van der Waals surface area contributed by atoms with E-state index in [1.54, 1.807) is 0 Å². The molecule has 0 radical (unpaired) electrons. The summed E-state index contributed by atoms with van der Waals surface area (Å²) >= 11 is 0. The number of hydrogen-bond acceptors (Lipinski definition) is 9. The first-order chi connectivity index (χ1) is 16.8. The summed E-state index contributed by atoms with van der Waals surface area (Å²) in [6.45, 7) is 10.1. The van der Waals surface area contributed by atoms with E-state index in [0.717, 1.165) is 43.1 Å². The third-order valence-corrected chi connectivity index (χ3v) is 5.41. The van der Waals surface area contributed by atoms with Crippen LogP contribution in [0.3, 0.4) is 0 Å². The molecule has 1 fully saturated rings. The van der Waals surface area contributed by atoms with E-state index in [1.807, 2.05) is 45.0 Å². The predicted molar refractivity (Wildman–Crippen MR) is 131 cm³/mol. The minimum absolute atomic E-state index is 0.366. The van der Waals surface area contributed by atoms with Gasteiger partial charge in [-0.1, -0.05) is 5.16 Å². The highest BCUT2D eigenvalue weighted by atomic mass is 16.6. The third kappa shape index (κ3) is 9.83. The average Bonchev–Trinajstić information content (AvgIpc) is 3.30. The first-order valence-electron chi connectivity index (χ1n) is 12.2. The summed E-state index contributed by atoms with van der Waals surface area (Å²) in [4.78, 5) is 18.4. The first-order valence-corrected chi connectivity index (χ1v) is 12.2. The van der Waals surface area contributed by atoms with Gasteiger partial charge in [0.1, 0.15) is 18.0 Å². The SMILES string of the molecule is CN1CCC(c2noc(-c3ccc(OCCOCCOCCNC(=O)OC(C)(C)C)cc3)n2)CC1. The second-order valence-corrected chi connectivity index (χ2v) is 9.56. The van der Waals surface area contributed by atoms with Gasteiger partial charge < -0.3 is 33.7 Å². The molecule has 194 valence electrons. The van der Waals surface area contributed by atoms with Gasteiger partial charge in [0, 0.05) is 18.0 Å². The van der Waals surface area contributed by atoms with Crippen LogP contribution < -0.4 is 10.1 Å². The molecule has 3 rings (SSSR count). The van der Waals surface area contributed by atoms with Crippen molar-refractivity contribution in [3.63, 3.8) is 0 Å². The average molecular weight is 491 g/mol. The lowest BCUT2D eigenvalue weighted by Gasteiger charge is -2.26. The zero-order valence-electron chi connectivity index (χ0n) is 21.2. The van der Waals surface area contributed by atoms with Gasteiger partial charge in [0.2, 0.25) is 0 Å². The molecule has 0 atom stereocenters. The van der Waals surface area contributed by atoms with Crippen LogP contribution in [-0.2, 0) is 14.2 Å². The number of alkyl carbamates (subject to hydrolysis) is 1. The van der Waals surface area contributed by atoms with Crippen LogP contribution in [-0.4, -0.2) is 86.5 Å². The van der Waals surface area contributed by atoms with Crippen molar-refractivity contribution in [2.24, 2.45) is 0 Å². The lowest BCUT2D eigenvalue weighted by Crippen LogP contribution is -2.34. The Morgan fingerprint density at radius 2 is 1.71 bits per heavy atom. The highest BCUT2D eigenvalue weighted by molar-refractivity contribution is 5.67. The van der Waals surface area contributed by atoms with Crippen molar-refractivity contribution in [3.8, 4) is 17.2 Å². The van der Waals surface area contributed by atoms with Crippen LogP contribution in [0.1, 0.15) is 45.4 Å². The molecule has 2 aromatic rings. The number of carbonyl (C=O) groups is 1. The van der Waals surface area contributed by atoms with Gasteiger partial charge in [-0.25, -0.2) is 4.79 Å². The fourth-order valence-electron chi connectivity index (χ4n) is 3.56. The van der Waals surface area contributed by atoms with Crippen molar-refractivity contribution < 1.29 is 28.3 Å². The van der Waals surface area contributed by atoms with Crippen molar-refractivity contribution in [2.75, 3.05) is 59.7 Å². The van der Waals surface area contributed by atoms with Crippen LogP contribution >= 0.6 is 0 Å².